The number of nitrogens with one attached hydrogen (secondary N) is 1. The number of hydrogen-bond donors (Lipinski definition) is 1. The largest absolute Gasteiger partial charge is 0.466 e. The first-order valence-electron chi connectivity index (χ1n) is 5.29. The number of azide groups is 1. The normalized spacial score (nSPS) is 10.3. The van der Waals surface area contributed by atoms with Crippen molar-refractivity contribution in [3.63, 3.8) is 0 Å². The summed E-state index contributed by atoms with van der Waals surface area (Å²) in [7, 11) is 1.20. The highest BCUT2D eigenvalue weighted by atomic mass is 16.5. The third-order valence-electron chi connectivity index (χ3n) is 2.08. The minimum Gasteiger partial charge on any atom is -0.466 e. The zero-order chi connectivity index (χ0) is 14.3. The second kappa shape index (κ2) is 6.83. The molecule has 1 aromatic rings. The number of rotatable bonds is 4. The molecular formula is C12H12N4O3. The van der Waals surface area contributed by atoms with Crippen molar-refractivity contribution < 1.29 is 14.3 Å². The minimum absolute atomic E-state index is 0.141. The molecule has 0 bridgehead atoms. The molecule has 1 aromatic carbocycles. The van der Waals surface area contributed by atoms with Crippen LogP contribution in [0.25, 0.3) is 16.5 Å². The minimum atomic E-state index is -0.719. The first-order valence-corrected chi connectivity index (χ1v) is 5.29. The van der Waals surface area contributed by atoms with E-state index in [1.165, 1.54) is 20.1 Å². The number of carbonyl (C=O) groups is 2. The van der Waals surface area contributed by atoms with Gasteiger partial charge < -0.3 is 10.1 Å². The van der Waals surface area contributed by atoms with Gasteiger partial charge in [0.15, 0.2) is 0 Å². The molecule has 0 radical (unpaired) electrons. The first kappa shape index (κ1) is 14.3. The third-order valence-corrected chi connectivity index (χ3v) is 2.08. The van der Waals surface area contributed by atoms with Gasteiger partial charge in [-0.05, 0) is 29.3 Å². The summed E-state index contributed by atoms with van der Waals surface area (Å²) in [5.41, 5.74) is 9.50. The van der Waals surface area contributed by atoms with Crippen LogP contribution in [0.15, 0.2) is 35.1 Å². The second-order valence-electron chi connectivity index (χ2n) is 3.51. The molecule has 0 aliphatic heterocycles. The molecule has 0 spiro atoms. The lowest BCUT2D eigenvalue weighted by molar-refractivity contribution is -0.136. The lowest BCUT2D eigenvalue weighted by atomic mass is 10.1. The fourth-order valence-electron chi connectivity index (χ4n) is 1.31. The van der Waals surface area contributed by atoms with Gasteiger partial charge in [-0.25, -0.2) is 4.79 Å². The van der Waals surface area contributed by atoms with Gasteiger partial charge in [-0.2, -0.15) is 0 Å². The van der Waals surface area contributed by atoms with E-state index in [4.69, 9.17) is 5.53 Å². The number of anilines is 1. The first-order chi connectivity index (χ1) is 9.06. The predicted molar refractivity (Wildman–Crippen MR) is 69.9 cm³/mol. The van der Waals surface area contributed by atoms with Crippen molar-refractivity contribution in [2.24, 2.45) is 5.11 Å². The number of methoxy groups -OCH3 is 1. The van der Waals surface area contributed by atoms with Crippen LogP contribution in [0.1, 0.15) is 12.5 Å². The Morgan fingerprint density at radius 1 is 1.37 bits per heavy atom. The average Bonchev–Trinajstić information content (AvgIpc) is 2.39. The molecule has 1 amide bonds. The molecule has 0 fully saturated rings. The van der Waals surface area contributed by atoms with Gasteiger partial charge in [-0.3, -0.25) is 4.79 Å². The van der Waals surface area contributed by atoms with Crippen LogP contribution >= 0.6 is 0 Å². The Balaban J connectivity index is 2.99. The Morgan fingerprint density at radius 2 is 2.00 bits per heavy atom. The number of ether oxygens (including phenoxy) is 1. The maximum absolute atomic E-state index is 11.3. The number of esters is 1. The molecule has 0 aliphatic carbocycles. The average molecular weight is 260 g/mol. The Bertz CT molecular complexity index is 557. The summed E-state index contributed by atoms with van der Waals surface area (Å²) < 4.78 is 4.48. The molecule has 1 N–H and O–H groups in total. The van der Waals surface area contributed by atoms with Gasteiger partial charge in [0.2, 0.25) is 5.91 Å². The Kier molecular flexibility index (Phi) is 5.13. The SMILES string of the molecule is COC(=O)/C(=C\c1ccc(NC(C)=O)cc1)N=[N+]=[N-]. The van der Waals surface area contributed by atoms with Gasteiger partial charge >= 0.3 is 5.97 Å². The number of hydrogen-bond acceptors (Lipinski definition) is 4. The van der Waals surface area contributed by atoms with Gasteiger partial charge in [0.1, 0.15) is 5.70 Å². The smallest absolute Gasteiger partial charge is 0.340 e. The van der Waals surface area contributed by atoms with E-state index < -0.39 is 5.97 Å². The summed E-state index contributed by atoms with van der Waals surface area (Å²) in [5.74, 6) is -0.892. The van der Waals surface area contributed by atoms with E-state index >= 15 is 0 Å². The highest BCUT2D eigenvalue weighted by Gasteiger charge is 2.07. The van der Waals surface area contributed by atoms with E-state index in [0.717, 1.165) is 0 Å². The van der Waals surface area contributed by atoms with E-state index in [-0.39, 0.29) is 11.6 Å². The highest BCUT2D eigenvalue weighted by molar-refractivity contribution is 5.93. The summed E-state index contributed by atoms with van der Waals surface area (Å²) in [6, 6.07) is 6.67. The van der Waals surface area contributed by atoms with Crippen LogP contribution in [0.2, 0.25) is 0 Å². The van der Waals surface area contributed by atoms with E-state index in [1.54, 1.807) is 24.3 Å². The molecular weight excluding hydrogens is 248 g/mol. The second-order valence-corrected chi connectivity index (χ2v) is 3.51. The Morgan fingerprint density at radius 3 is 2.47 bits per heavy atom. The van der Waals surface area contributed by atoms with Crippen molar-refractivity contribution in [3.05, 3.63) is 46.0 Å². The van der Waals surface area contributed by atoms with Crippen LogP contribution in [0.3, 0.4) is 0 Å². The highest BCUT2D eigenvalue weighted by Crippen LogP contribution is 2.14. The summed E-state index contributed by atoms with van der Waals surface area (Å²) in [6.45, 7) is 1.41. The molecule has 98 valence electrons. The molecule has 0 atom stereocenters. The van der Waals surface area contributed by atoms with Crippen molar-refractivity contribution >= 4 is 23.6 Å². The fourth-order valence-corrected chi connectivity index (χ4v) is 1.31. The van der Waals surface area contributed by atoms with Gasteiger partial charge in [-0.1, -0.05) is 17.2 Å². The fraction of sp³-hybridized carbons (Fsp3) is 0.167. The monoisotopic (exact) mass is 260 g/mol. The van der Waals surface area contributed by atoms with Gasteiger partial charge in [0, 0.05) is 17.5 Å². The van der Waals surface area contributed by atoms with E-state index in [0.29, 0.717) is 11.3 Å². The van der Waals surface area contributed by atoms with Crippen molar-refractivity contribution in [1.29, 1.82) is 0 Å². The Hall–Kier alpha value is -2.79. The molecule has 0 heterocycles. The molecule has 1 rings (SSSR count). The Labute approximate surface area is 109 Å². The molecule has 0 saturated carbocycles. The maximum atomic E-state index is 11.3. The van der Waals surface area contributed by atoms with E-state index in [9.17, 15) is 9.59 Å². The van der Waals surface area contributed by atoms with Crippen LogP contribution in [0.5, 0.6) is 0 Å². The molecule has 0 saturated heterocycles. The van der Waals surface area contributed by atoms with Gasteiger partial charge in [0.05, 0.1) is 7.11 Å². The van der Waals surface area contributed by atoms with Crippen LogP contribution in [0, 0.1) is 0 Å². The number of carbonyl (C=O) groups excluding carboxylic acids is 2. The van der Waals surface area contributed by atoms with Crippen molar-refractivity contribution in [1.82, 2.24) is 0 Å². The molecule has 7 heteroatoms. The molecule has 0 aliphatic rings. The van der Waals surface area contributed by atoms with Crippen LogP contribution in [-0.2, 0) is 14.3 Å². The van der Waals surface area contributed by atoms with E-state index in [2.05, 4.69) is 20.1 Å². The van der Waals surface area contributed by atoms with Crippen molar-refractivity contribution in [3.8, 4) is 0 Å². The summed E-state index contributed by atoms with van der Waals surface area (Å²) in [5, 5.41) is 5.87. The zero-order valence-corrected chi connectivity index (χ0v) is 10.5. The lowest BCUT2D eigenvalue weighted by Gasteiger charge is -2.02. The van der Waals surface area contributed by atoms with Crippen LogP contribution in [-0.4, -0.2) is 19.0 Å². The lowest BCUT2D eigenvalue weighted by Crippen LogP contribution is -2.05. The maximum Gasteiger partial charge on any atom is 0.340 e. The summed E-state index contributed by atoms with van der Waals surface area (Å²) in [6.07, 6.45) is 1.39. The van der Waals surface area contributed by atoms with E-state index in [1.807, 2.05) is 0 Å². The zero-order valence-electron chi connectivity index (χ0n) is 10.5. The number of amides is 1. The predicted octanol–water partition coefficient (Wildman–Crippen LogP) is 2.47. The standard InChI is InChI=1S/C12H12N4O3/c1-8(17)14-10-5-3-9(4-6-10)7-11(15-16-13)12(18)19-2/h3-7H,1-2H3,(H,14,17)/b11-7+. The van der Waals surface area contributed by atoms with Gasteiger partial charge in [-0.15, -0.1) is 0 Å². The third kappa shape index (κ3) is 4.53. The number of benzene rings is 1. The van der Waals surface area contributed by atoms with Crippen molar-refractivity contribution in [2.45, 2.75) is 6.92 Å². The molecule has 0 unspecified atom stereocenters. The van der Waals surface area contributed by atoms with Crippen LogP contribution in [0.4, 0.5) is 5.69 Å². The van der Waals surface area contributed by atoms with Crippen LogP contribution < -0.4 is 5.32 Å². The number of nitrogens with zero attached hydrogens (tertiary/aromatic N) is 3. The van der Waals surface area contributed by atoms with Gasteiger partial charge in [0.25, 0.3) is 0 Å². The molecule has 0 aromatic heterocycles. The van der Waals surface area contributed by atoms with Crippen molar-refractivity contribution in [2.75, 3.05) is 12.4 Å². The molecule has 7 nitrogen and oxygen atoms in total. The quantitative estimate of drug-likeness (QED) is 0.295. The summed E-state index contributed by atoms with van der Waals surface area (Å²) in [4.78, 5) is 24.7. The summed E-state index contributed by atoms with van der Waals surface area (Å²) >= 11 is 0. The topological polar surface area (TPSA) is 104 Å². The molecule has 19 heavy (non-hydrogen) atoms.